The molecule has 0 radical (unpaired) electrons. The van der Waals surface area contributed by atoms with E-state index >= 15 is 0 Å². The highest BCUT2D eigenvalue weighted by atomic mass is 14.9. The maximum absolute atomic E-state index is 4.16. The van der Waals surface area contributed by atoms with E-state index in [0.717, 1.165) is 40.1 Å². The number of benzene rings is 3. The minimum absolute atomic E-state index is 0.835. The van der Waals surface area contributed by atoms with E-state index in [0.29, 0.717) is 0 Å². The van der Waals surface area contributed by atoms with Crippen LogP contribution >= 0.6 is 0 Å². The fourth-order valence-corrected chi connectivity index (χ4v) is 3.98. The van der Waals surface area contributed by atoms with Gasteiger partial charge in [-0.2, -0.15) is 0 Å². The fourth-order valence-electron chi connectivity index (χ4n) is 3.98. The van der Waals surface area contributed by atoms with Gasteiger partial charge in [-0.3, -0.25) is 0 Å². The van der Waals surface area contributed by atoms with Gasteiger partial charge in [0, 0.05) is 12.2 Å². The summed E-state index contributed by atoms with van der Waals surface area (Å²) in [6, 6.07) is 21.0. The Balaban J connectivity index is 2.50. The number of nitrogens with one attached hydrogen (secondary N) is 1. The molecule has 0 aliphatic rings. The predicted molar refractivity (Wildman–Crippen MR) is 134 cm³/mol. The second-order valence-corrected chi connectivity index (χ2v) is 7.09. The van der Waals surface area contributed by atoms with Crippen LogP contribution in [0.4, 0.5) is 0 Å². The molecule has 3 aromatic rings. The molecule has 0 heterocycles. The second-order valence-electron chi connectivity index (χ2n) is 7.09. The zero-order valence-corrected chi connectivity index (χ0v) is 17.9. The van der Waals surface area contributed by atoms with Gasteiger partial charge in [0.05, 0.1) is 0 Å². The van der Waals surface area contributed by atoms with Crippen LogP contribution in [-0.4, -0.2) is 6.54 Å². The van der Waals surface area contributed by atoms with E-state index in [1.54, 1.807) is 0 Å². The van der Waals surface area contributed by atoms with E-state index in [2.05, 4.69) is 93.5 Å². The summed E-state index contributed by atoms with van der Waals surface area (Å²) in [4.78, 5) is 0. The number of rotatable bonds is 8. The van der Waals surface area contributed by atoms with Crippen molar-refractivity contribution in [3.05, 3.63) is 114 Å². The molecule has 1 N–H and O–H groups in total. The van der Waals surface area contributed by atoms with Crippen LogP contribution in [0.3, 0.4) is 0 Å². The van der Waals surface area contributed by atoms with E-state index in [-0.39, 0.29) is 0 Å². The molecule has 3 aromatic carbocycles. The zero-order chi connectivity index (χ0) is 21.5. The molecule has 0 aromatic heterocycles. The van der Waals surface area contributed by atoms with Gasteiger partial charge in [0.1, 0.15) is 0 Å². The minimum Gasteiger partial charge on any atom is -0.385 e. The standard InChI is InChI=1S/C29H29N/c1-6-24(30-9-4)20-27-21(5)28(22-16-12-10-13-17-22)25(7-2)26(8-3)29(27)23-18-14-11-15-19-23/h6-8,10-20,30H,1-3,9H2,4-5H3/b24-20+. The number of hydrogen-bond donors (Lipinski definition) is 1. The van der Waals surface area contributed by atoms with E-state index in [4.69, 9.17) is 0 Å². The van der Waals surface area contributed by atoms with Crippen molar-refractivity contribution in [1.82, 2.24) is 5.32 Å². The first kappa shape index (κ1) is 21.1. The van der Waals surface area contributed by atoms with Gasteiger partial charge >= 0.3 is 0 Å². The number of allylic oxidation sites excluding steroid dienone is 1. The predicted octanol–water partition coefficient (Wildman–Crippen LogP) is 7.75. The Kier molecular flexibility index (Phi) is 6.87. The molecule has 1 nitrogen and oxygen atoms in total. The minimum atomic E-state index is 0.835. The molecule has 0 saturated heterocycles. The summed E-state index contributed by atoms with van der Waals surface area (Å²) in [5.74, 6) is 0. The fraction of sp³-hybridized carbons (Fsp3) is 0.103. The number of likely N-dealkylation sites (N-methyl/N-ethyl adjacent to an activating group) is 1. The smallest absolute Gasteiger partial charge is 0.0340 e. The van der Waals surface area contributed by atoms with Crippen LogP contribution < -0.4 is 5.32 Å². The van der Waals surface area contributed by atoms with Crippen molar-refractivity contribution in [1.29, 1.82) is 0 Å². The average Bonchev–Trinajstić information content (AvgIpc) is 2.80. The molecule has 0 atom stereocenters. The zero-order valence-electron chi connectivity index (χ0n) is 17.9. The van der Waals surface area contributed by atoms with Gasteiger partial charge in [-0.25, -0.2) is 0 Å². The maximum Gasteiger partial charge on any atom is 0.0340 e. The van der Waals surface area contributed by atoms with Crippen LogP contribution in [0.5, 0.6) is 0 Å². The Hall–Kier alpha value is -3.58. The lowest BCUT2D eigenvalue weighted by Gasteiger charge is -2.23. The van der Waals surface area contributed by atoms with Crippen LogP contribution in [-0.2, 0) is 0 Å². The van der Waals surface area contributed by atoms with Gasteiger partial charge in [-0.05, 0) is 70.5 Å². The van der Waals surface area contributed by atoms with Gasteiger partial charge < -0.3 is 5.32 Å². The Labute approximate surface area is 180 Å². The molecule has 0 aliphatic heterocycles. The number of hydrogen-bond acceptors (Lipinski definition) is 1. The topological polar surface area (TPSA) is 12.0 Å². The summed E-state index contributed by atoms with van der Waals surface area (Å²) >= 11 is 0. The lowest BCUT2D eigenvalue weighted by molar-refractivity contribution is 0.885. The van der Waals surface area contributed by atoms with Crippen LogP contribution in [0.15, 0.2) is 92.2 Å². The summed E-state index contributed by atoms with van der Waals surface area (Å²) in [6.07, 6.45) is 7.96. The Bertz CT molecular complexity index is 1090. The molecule has 0 fully saturated rings. The molecule has 1 heteroatoms. The van der Waals surface area contributed by atoms with E-state index < -0.39 is 0 Å². The van der Waals surface area contributed by atoms with Crippen molar-refractivity contribution in [3.8, 4) is 22.3 Å². The van der Waals surface area contributed by atoms with Crippen molar-refractivity contribution >= 4 is 18.2 Å². The first-order valence-corrected chi connectivity index (χ1v) is 10.3. The average molecular weight is 392 g/mol. The summed E-state index contributed by atoms with van der Waals surface area (Å²) in [5, 5.41) is 3.41. The SMILES string of the molecule is C=C/C(=C\c1c(C)c(-c2ccccc2)c(C=C)c(C=C)c1-c1ccccc1)NCC. The van der Waals surface area contributed by atoms with E-state index in [9.17, 15) is 0 Å². The molecule has 150 valence electrons. The van der Waals surface area contributed by atoms with Crippen LogP contribution in [0.1, 0.15) is 29.2 Å². The third-order valence-electron chi connectivity index (χ3n) is 5.31. The summed E-state index contributed by atoms with van der Waals surface area (Å²) in [6.45, 7) is 17.4. The maximum atomic E-state index is 4.16. The second kappa shape index (κ2) is 9.76. The van der Waals surface area contributed by atoms with Crippen molar-refractivity contribution in [2.75, 3.05) is 6.54 Å². The van der Waals surface area contributed by atoms with Gasteiger partial charge in [-0.1, -0.05) is 92.6 Å². The quantitative estimate of drug-likeness (QED) is 0.387. The lowest BCUT2D eigenvalue weighted by atomic mass is 9.81. The van der Waals surface area contributed by atoms with Gasteiger partial charge in [0.15, 0.2) is 0 Å². The molecule has 3 rings (SSSR count). The molecular weight excluding hydrogens is 362 g/mol. The highest BCUT2D eigenvalue weighted by molar-refractivity contribution is 5.95. The Morgan fingerprint density at radius 2 is 1.27 bits per heavy atom. The first-order valence-electron chi connectivity index (χ1n) is 10.3. The lowest BCUT2D eigenvalue weighted by Crippen LogP contribution is -2.10. The monoisotopic (exact) mass is 391 g/mol. The largest absolute Gasteiger partial charge is 0.385 e. The van der Waals surface area contributed by atoms with Crippen LogP contribution in [0.2, 0.25) is 0 Å². The van der Waals surface area contributed by atoms with Crippen molar-refractivity contribution in [2.45, 2.75) is 13.8 Å². The van der Waals surface area contributed by atoms with Crippen molar-refractivity contribution in [2.24, 2.45) is 0 Å². The Morgan fingerprint density at radius 1 is 0.767 bits per heavy atom. The molecular formula is C29H29N. The molecule has 0 unspecified atom stereocenters. The highest BCUT2D eigenvalue weighted by Crippen LogP contribution is 2.42. The Morgan fingerprint density at radius 3 is 1.73 bits per heavy atom. The molecule has 0 aliphatic carbocycles. The molecule has 0 amide bonds. The van der Waals surface area contributed by atoms with Crippen LogP contribution in [0, 0.1) is 6.92 Å². The van der Waals surface area contributed by atoms with Gasteiger partial charge in [0.25, 0.3) is 0 Å². The van der Waals surface area contributed by atoms with Crippen molar-refractivity contribution < 1.29 is 0 Å². The van der Waals surface area contributed by atoms with Crippen LogP contribution in [0.25, 0.3) is 40.5 Å². The molecule has 30 heavy (non-hydrogen) atoms. The molecule has 0 spiro atoms. The third kappa shape index (κ3) is 4.06. The highest BCUT2D eigenvalue weighted by Gasteiger charge is 2.20. The third-order valence-corrected chi connectivity index (χ3v) is 5.31. The molecule has 0 bridgehead atoms. The van der Waals surface area contributed by atoms with Gasteiger partial charge in [-0.15, -0.1) is 0 Å². The summed E-state index contributed by atoms with van der Waals surface area (Å²) in [5.41, 5.74) is 10.2. The first-order chi connectivity index (χ1) is 14.7. The summed E-state index contributed by atoms with van der Waals surface area (Å²) in [7, 11) is 0. The van der Waals surface area contributed by atoms with Gasteiger partial charge in [0.2, 0.25) is 0 Å². The molecule has 0 saturated carbocycles. The van der Waals surface area contributed by atoms with Crippen molar-refractivity contribution in [3.63, 3.8) is 0 Å². The van der Waals surface area contributed by atoms with E-state index in [1.165, 1.54) is 16.7 Å². The normalized spacial score (nSPS) is 11.1. The van der Waals surface area contributed by atoms with E-state index in [1.807, 2.05) is 30.4 Å². The summed E-state index contributed by atoms with van der Waals surface area (Å²) < 4.78 is 0.